The number of fused-ring (bicyclic) bond motifs is 1. The smallest absolute Gasteiger partial charge is 0.138 e. The first kappa shape index (κ1) is 13.3. The van der Waals surface area contributed by atoms with Crippen molar-refractivity contribution in [3.8, 4) is 0 Å². The standard InChI is InChI=1S/C16H22N4/c1-3-20-15(18-11-19-20)10-16(17)9-8-12(2)13-6-4-5-7-14(13)16/h4-7,11-12H,3,8-10,17H2,1-2H3. The lowest BCUT2D eigenvalue weighted by Gasteiger charge is -2.38. The fraction of sp³-hybridized carbons (Fsp3) is 0.500. The second-order valence-corrected chi connectivity index (χ2v) is 5.85. The van der Waals surface area contributed by atoms with Gasteiger partial charge in [0, 0.05) is 18.5 Å². The van der Waals surface area contributed by atoms with Crippen LogP contribution >= 0.6 is 0 Å². The topological polar surface area (TPSA) is 56.7 Å². The molecule has 1 aromatic heterocycles. The van der Waals surface area contributed by atoms with Gasteiger partial charge < -0.3 is 5.73 Å². The molecule has 4 nitrogen and oxygen atoms in total. The maximum absolute atomic E-state index is 6.77. The number of benzene rings is 1. The second kappa shape index (κ2) is 5.02. The Kier molecular flexibility index (Phi) is 3.34. The van der Waals surface area contributed by atoms with Gasteiger partial charge in [-0.2, -0.15) is 5.10 Å². The first-order chi connectivity index (χ1) is 9.64. The summed E-state index contributed by atoms with van der Waals surface area (Å²) in [5.41, 5.74) is 9.12. The molecule has 1 aliphatic carbocycles. The normalized spacial score (nSPS) is 25.4. The first-order valence-electron chi connectivity index (χ1n) is 7.39. The molecule has 0 bridgehead atoms. The minimum atomic E-state index is -0.316. The van der Waals surface area contributed by atoms with Crippen molar-refractivity contribution in [2.45, 2.75) is 51.1 Å². The Morgan fingerprint density at radius 2 is 2.20 bits per heavy atom. The maximum Gasteiger partial charge on any atom is 0.138 e. The molecule has 106 valence electrons. The molecule has 2 atom stereocenters. The van der Waals surface area contributed by atoms with Crippen LogP contribution in [0.3, 0.4) is 0 Å². The zero-order valence-corrected chi connectivity index (χ0v) is 12.2. The van der Waals surface area contributed by atoms with Gasteiger partial charge in [-0.1, -0.05) is 31.2 Å². The Balaban J connectivity index is 1.98. The van der Waals surface area contributed by atoms with E-state index in [-0.39, 0.29) is 5.54 Å². The fourth-order valence-electron chi connectivity index (χ4n) is 3.30. The van der Waals surface area contributed by atoms with Crippen LogP contribution in [0.25, 0.3) is 0 Å². The highest BCUT2D eigenvalue weighted by molar-refractivity contribution is 5.39. The van der Waals surface area contributed by atoms with Gasteiger partial charge in [0.1, 0.15) is 12.2 Å². The second-order valence-electron chi connectivity index (χ2n) is 5.85. The molecule has 1 aliphatic rings. The van der Waals surface area contributed by atoms with Crippen LogP contribution in [0.5, 0.6) is 0 Å². The Morgan fingerprint density at radius 1 is 1.40 bits per heavy atom. The largest absolute Gasteiger partial charge is 0.321 e. The van der Waals surface area contributed by atoms with Gasteiger partial charge in [0.15, 0.2) is 0 Å². The van der Waals surface area contributed by atoms with Crippen molar-refractivity contribution in [3.05, 3.63) is 47.5 Å². The highest BCUT2D eigenvalue weighted by Gasteiger charge is 2.36. The van der Waals surface area contributed by atoms with Crippen molar-refractivity contribution < 1.29 is 0 Å². The average Bonchev–Trinajstić information content (AvgIpc) is 2.91. The van der Waals surface area contributed by atoms with E-state index in [2.05, 4.69) is 48.2 Å². The Bertz CT molecular complexity index is 604. The Hall–Kier alpha value is -1.68. The van der Waals surface area contributed by atoms with Crippen LogP contribution in [-0.2, 0) is 18.5 Å². The Labute approximate surface area is 120 Å². The van der Waals surface area contributed by atoms with Gasteiger partial charge in [0.05, 0.1) is 0 Å². The molecule has 0 saturated carbocycles. The molecule has 1 heterocycles. The zero-order chi connectivity index (χ0) is 14.2. The summed E-state index contributed by atoms with van der Waals surface area (Å²) in [4.78, 5) is 4.39. The summed E-state index contributed by atoms with van der Waals surface area (Å²) < 4.78 is 1.94. The molecule has 0 fully saturated rings. The third kappa shape index (κ3) is 2.14. The van der Waals surface area contributed by atoms with Crippen molar-refractivity contribution in [3.63, 3.8) is 0 Å². The van der Waals surface area contributed by atoms with Crippen molar-refractivity contribution in [1.82, 2.24) is 14.8 Å². The summed E-state index contributed by atoms with van der Waals surface area (Å²) in [5.74, 6) is 1.58. The molecule has 1 aromatic carbocycles. The van der Waals surface area contributed by atoms with Crippen LogP contribution < -0.4 is 5.73 Å². The van der Waals surface area contributed by atoms with E-state index in [1.807, 2.05) is 4.68 Å². The van der Waals surface area contributed by atoms with Gasteiger partial charge in [-0.05, 0) is 36.8 Å². The SMILES string of the molecule is CCn1ncnc1CC1(N)CCC(C)c2ccccc21. The maximum atomic E-state index is 6.77. The number of hydrogen-bond acceptors (Lipinski definition) is 3. The minimum Gasteiger partial charge on any atom is -0.321 e. The zero-order valence-electron chi connectivity index (χ0n) is 12.2. The van der Waals surface area contributed by atoms with E-state index in [0.29, 0.717) is 5.92 Å². The van der Waals surface area contributed by atoms with E-state index in [1.54, 1.807) is 6.33 Å². The van der Waals surface area contributed by atoms with Crippen molar-refractivity contribution >= 4 is 0 Å². The number of hydrogen-bond donors (Lipinski definition) is 1. The van der Waals surface area contributed by atoms with Gasteiger partial charge in [-0.15, -0.1) is 0 Å². The quantitative estimate of drug-likeness (QED) is 0.932. The molecule has 0 radical (unpaired) electrons. The number of aryl methyl sites for hydroxylation is 1. The number of rotatable bonds is 3. The Morgan fingerprint density at radius 3 is 3.00 bits per heavy atom. The van der Waals surface area contributed by atoms with Gasteiger partial charge in [0.25, 0.3) is 0 Å². The third-order valence-corrected chi connectivity index (χ3v) is 4.52. The lowest BCUT2D eigenvalue weighted by molar-refractivity contribution is 0.337. The molecule has 3 rings (SSSR count). The average molecular weight is 270 g/mol. The molecule has 2 aromatic rings. The summed E-state index contributed by atoms with van der Waals surface area (Å²) in [7, 11) is 0. The van der Waals surface area contributed by atoms with E-state index >= 15 is 0 Å². The van der Waals surface area contributed by atoms with Gasteiger partial charge in [0.2, 0.25) is 0 Å². The first-order valence-corrected chi connectivity index (χ1v) is 7.39. The summed E-state index contributed by atoms with van der Waals surface area (Å²) in [5, 5.41) is 4.25. The van der Waals surface area contributed by atoms with Crippen LogP contribution in [0.1, 0.15) is 49.6 Å². The van der Waals surface area contributed by atoms with Gasteiger partial charge in [-0.25, -0.2) is 4.98 Å². The molecular formula is C16H22N4. The van der Waals surface area contributed by atoms with Crippen LogP contribution in [0.4, 0.5) is 0 Å². The predicted octanol–water partition coefficient (Wildman–Crippen LogP) is 2.59. The molecule has 20 heavy (non-hydrogen) atoms. The molecule has 0 spiro atoms. The van der Waals surface area contributed by atoms with Crippen LogP contribution in [-0.4, -0.2) is 14.8 Å². The van der Waals surface area contributed by atoms with Crippen molar-refractivity contribution in [1.29, 1.82) is 0 Å². The van der Waals surface area contributed by atoms with E-state index < -0.39 is 0 Å². The lowest BCUT2D eigenvalue weighted by atomic mass is 9.71. The van der Waals surface area contributed by atoms with E-state index in [9.17, 15) is 0 Å². The van der Waals surface area contributed by atoms with Crippen molar-refractivity contribution in [2.75, 3.05) is 0 Å². The summed E-state index contributed by atoms with van der Waals surface area (Å²) in [6, 6.07) is 8.58. The van der Waals surface area contributed by atoms with E-state index in [4.69, 9.17) is 5.73 Å². The summed E-state index contributed by atoms with van der Waals surface area (Å²) in [6.45, 7) is 5.20. The number of aromatic nitrogens is 3. The van der Waals surface area contributed by atoms with Crippen molar-refractivity contribution in [2.24, 2.45) is 5.73 Å². The fourth-order valence-corrected chi connectivity index (χ4v) is 3.30. The lowest BCUT2D eigenvalue weighted by Crippen LogP contribution is -2.43. The molecule has 0 amide bonds. The molecule has 2 unspecified atom stereocenters. The number of nitrogens with two attached hydrogens (primary N) is 1. The number of nitrogens with zero attached hydrogens (tertiary/aromatic N) is 3. The van der Waals surface area contributed by atoms with Gasteiger partial charge >= 0.3 is 0 Å². The highest BCUT2D eigenvalue weighted by Crippen LogP contribution is 2.41. The molecule has 0 aliphatic heterocycles. The van der Waals surface area contributed by atoms with Crippen LogP contribution in [0.2, 0.25) is 0 Å². The van der Waals surface area contributed by atoms with E-state index in [1.165, 1.54) is 11.1 Å². The van der Waals surface area contributed by atoms with Gasteiger partial charge in [-0.3, -0.25) is 4.68 Å². The molecule has 4 heteroatoms. The molecular weight excluding hydrogens is 248 g/mol. The predicted molar refractivity (Wildman–Crippen MR) is 79.4 cm³/mol. The van der Waals surface area contributed by atoms with Crippen LogP contribution in [0.15, 0.2) is 30.6 Å². The molecule has 2 N–H and O–H groups in total. The minimum absolute atomic E-state index is 0.316. The summed E-state index contributed by atoms with van der Waals surface area (Å²) in [6.07, 6.45) is 4.51. The van der Waals surface area contributed by atoms with Crippen LogP contribution in [0, 0.1) is 0 Å². The highest BCUT2D eigenvalue weighted by atomic mass is 15.3. The van der Waals surface area contributed by atoms with E-state index in [0.717, 1.165) is 31.6 Å². The summed E-state index contributed by atoms with van der Waals surface area (Å²) >= 11 is 0. The molecule has 0 saturated heterocycles. The monoisotopic (exact) mass is 270 g/mol. The third-order valence-electron chi connectivity index (χ3n) is 4.52.